The zero-order valence-corrected chi connectivity index (χ0v) is 16.8. The number of nitro groups is 1. The summed E-state index contributed by atoms with van der Waals surface area (Å²) < 4.78 is 30.5. The van der Waals surface area contributed by atoms with Gasteiger partial charge in [-0.15, -0.1) is 0 Å². The second-order valence-corrected chi connectivity index (χ2v) is 7.88. The van der Waals surface area contributed by atoms with Crippen molar-refractivity contribution in [2.45, 2.75) is 13.0 Å². The Kier molecular flexibility index (Phi) is 6.89. The number of carbonyl (C=O) groups excluding carboxylic acids is 1. The van der Waals surface area contributed by atoms with Crippen LogP contribution in [0.4, 0.5) is 11.4 Å². The van der Waals surface area contributed by atoms with Crippen LogP contribution in [0.1, 0.15) is 12.5 Å². The van der Waals surface area contributed by atoms with E-state index >= 15 is 0 Å². The molecular formula is C18H20N4O6S. The van der Waals surface area contributed by atoms with Gasteiger partial charge in [0.2, 0.25) is 10.0 Å². The highest BCUT2D eigenvalue weighted by molar-refractivity contribution is 7.92. The van der Waals surface area contributed by atoms with Crippen LogP contribution in [0, 0.1) is 10.1 Å². The first-order valence-electron chi connectivity index (χ1n) is 8.34. The SMILES string of the molecule is COc1ccc(N([C@H](C)C(=O)N/N=C\c2cccc([N+](=O)[O-])c2)S(C)(=O)=O)cc1. The molecule has 0 unspecified atom stereocenters. The highest BCUT2D eigenvalue weighted by atomic mass is 32.2. The Morgan fingerprint density at radius 3 is 2.48 bits per heavy atom. The molecule has 0 bridgehead atoms. The lowest BCUT2D eigenvalue weighted by molar-refractivity contribution is -0.384. The van der Waals surface area contributed by atoms with Crippen LogP contribution < -0.4 is 14.5 Å². The fourth-order valence-electron chi connectivity index (χ4n) is 2.52. The molecule has 1 N–H and O–H groups in total. The van der Waals surface area contributed by atoms with Crippen molar-refractivity contribution in [2.24, 2.45) is 5.10 Å². The number of hydrogen-bond acceptors (Lipinski definition) is 7. The first-order valence-corrected chi connectivity index (χ1v) is 10.2. The first-order chi connectivity index (χ1) is 13.6. The van der Waals surface area contributed by atoms with Gasteiger partial charge in [0.15, 0.2) is 0 Å². The molecule has 0 aromatic heterocycles. The summed E-state index contributed by atoms with van der Waals surface area (Å²) in [4.78, 5) is 22.7. The van der Waals surface area contributed by atoms with Gasteiger partial charge in [-0.2, -0.15) is 5.10 Å². The molecule has 0 fully saturated rings. The van der Waals surface area contributed by atoms with E-state index in [1.54, 1.807) is 18.2 Å². The molecule has 1 amide bonds. The van der Waals surface area contributed by atoms with Crippen LogP contribution in [0.5, 0.6) is 5.75 Å². The monoisotopic (exact) mass is 420 g/mol. The average molecular weight is 420 g/mol. The minimum Gasteiger partial charge on any atom is -0.497 e. The van der Waals surface area contributed by atoms with Gasteiger partial charge in [0.1, 0.15) is 11.8 Å². The number of amides is 1. The van der Waals surface area contributed by atoms with Gasteiger partial charge in [-0.05, 0) is 31.2 Å². The number of anilines is 1. The second-order valence-electron chi connectivity index (χ2n) is 6.02. The summed E-state index contributed by atoms with van der Waals surface area (Å²) >= 11 is 0. The van der Waals surface area contributed by atoms with Crippen molar-refractivity contribution in [1.82, 2.24) is 5.43 Å². The third-order valence-electron chi connectivity index (χ3n) is 3.88. The molecule has 10 nitrogen and oxygen atoms in total. The molecule has 0 radical (unpaired) electrons. The largest absolute Gasteiger partial charge is 0.497 e. The Labute approximate surface area is 168 Å². The standard InChI is InChI=1S/C18H20N4O6S/c1-13(21(29(3,26)27)15-7-9-17(28-2)10-8-15)18(23)20-19-12-14-5-4-6-16(11-14)22(24)25/h4-13H,1-3H3,(H,20,23)/b19-12-/t13-/m1/s1. The zero-order valence-electron chi connectivity index (χ0n) is 16.0. The van der Waals surface area contributed by atoms with Crippen LogP contribution in [-0.4, -0.2) is 44.9 Å². The van der Waals surface area contributed by atoms with E-state index in [9.17, 15) is 23.3 Å². The van der Waals surface area contributed by atoms with E-state index in [0.717, 1.165) is 10.6 Å². The Morgan fingerprint density at radius 1 is 1.28 bits per heavy atom. The van der Waals surface area contributed by atoms with Gasteiger partial charge in [-0.1, -0.05) is 12.1 Å². The number of methoxy groups -OCH3 is 1. The molecule has 2 rings (SSSR count). The van der Waals surface area contributed by atoms with Crippen LogP contribution in [0.25, 0.3) is 0 Å². The maximum atomic E-state index is 12.4. The molecule has 2 aromatic carbocycles. The Bertz CT molecular complexity index is 1020. The number of nitro benzene ring substituents is 1. The number of hydrazone groups is 1. The lowest BCUT2D eigenvalue weighted by Crippen LogP contribution is -2.46. The van der Waals surface area contributed by atoms with Crippen molar-refractivity contribution in [1.29, 1.82) is 0 Å². The van der Waals surface area contributed by atoms with Gasteiger partial charge in [-0.3, -0.25) is 19.2 Å². The zero-order chi connectivity index (χ0) is 21.6. The second kappa shape index (κ2) is 9.15. The Morgan fingerprint density at radius 2 is 1.93 bits per heavy atom. The molecule has 0 aliphatic heterocycles. The summed E-state index contributed by atoms with van der Waals surface area (Å²) in [5.41, 5.74) is 2.84. The highest BCUT2D eigenvalue weighted by Gasteiger charge is 2.29. The smallest absolute Gasteiger partial charge is 0.270 e. The van der Waals surface area contributed by atoms with E-state index in [-0.39, 0.29) is 5.69 Å². The summed E-state index contributed by atoms with van der Waals surface area (Å²) in [6.07, 6.45) is 2.23. The van der Waals surface area contributed by atoms with E-state index < -0.39 is 26.9 Å². The lowest BCUT2D eigenvalue weighted by atomic mass is 10.2. The van der Waals surface area contributed by atoms with Gasteiger partial charge in [0.05, 0.1) is 30.2 Å². The van der Waals surface area contributed by atoms with E-state index in [4.69, 9.17) is 4.74 Å². The Balaban J connectivity index is 2.16. The predicted molar refractivity (Wildman–Crippen MR) is 109 cm³/mol. The number of ether oxygens (including phenoxy) is 1. The molecule has 0 saturated carbocycles. The van der Waals surface area contributed by atoms with Crippen molar-refractivity contribution in [2.75, 3.05) is 17.7 Å². The van der Waals surface area contributed by atoms with E-state index in [1.165, 1.54) is 50.6 Å². The summed E-state index contributed by atoms with van der Waals surface area (Å²) in [6, 6.07) is 10.8. The van der Waals surface area contributed by atoms with Crippen LogP contribution in [-0.2, 0) is 14.8 Å². The summed E-state index contributed by atoms with van der Waals surface area (Å²) in [7, 11) is -2.28. The van der Waals surface area contributed by atoms with Crippen molar-refractivity contribution in [3.63, 3.8) is 0 Å². The van der Waals surface area contributed by atoms with E-state index in [1.807, 2.05) is 0 Å². The van der Waals surface area contributed by atoms with Gasteiger partial charge < -0.3 is 4.74 Å². The molecule has 29 heavy (non-hydrogen) atoms. The summed E-state index contributed by atoms with van der Waals surface area (Å²) in [6.45, 7) is 1.42. The van der Waals surface area contributed by atoms with Crippen LogP contribution >= 0.6 is 0 Å². The van der Waals surface area contributed by atoms with Crippen molar-refractivity contribution >= 4 is 33.5 Å². The molecule has 0 aliphatic rings. The lowest BCUT2D eigenvalue weighted by Gasteiger charge is -2.27. The number of carbonyl (C=O) groups is 1. The number of hydrogen-bond donors (Lipinski definition) is 1. The minimum atomic E-state index is -3.77. The fourth-order valence-corrected chi connectivity index (χ4v) is 3.70. The number of benzene rings is 2. The van der Waals surface area contributed by atoms with Crippen LogP contribution in [0.3, 0.4) is 0 Å². The normalized spacial score (nSPS) is 12.4. The molecule has 0 aliphatic carbocycles. The average Bonchev–Trinajstić information content (AvgIpc) is 2.67. The number of sulfonamides is 1. The number of rotatable bonds is 8. The molecule has 2 aromatic rings. The molecule has 0 saturated heterocycles. The van der Waals surface area contributed by atoms with Crippen molar-refractivity contribution < 1.29 is 22.9 Å². The molecule has 154 valence electrons. The van der Waals surface area contributed by atoms with Gasteiger partial charge in [0, 0.05) is 17.7 Å². The maximum absolute atomic E-state index is 12.4. The molecule has 0 spiro atoms. The number of non-ortho nitro benzene ring substituents is 1. The molecular weight excluding hydrogens is 400 g/mol. The highest BCUT2D eigenvalue weighted by Crippen LogP contribution is 2.23. The summed E-state index contributed by atoms with van der Waals surface area (Å²) in [5.74, 6) is -0.131. The molecule has 0 heterocycles. The van der Waals surface area contributed by atoms with Gasteiger partial charge in [0.25, 0.3) is 11.6 Å². The fraction of sp³-hybridized carbons (Fsp3) is 0.222. The van der Waals surface area contributed by atoms with Gasteiger partial charge in [-0.25, -0.2) is 13.8 Å². The summed E-state index contributed by atoms with van der Waals surface area (Å²) in [5, 5.41) is 14.5. The third kappa shape index (κ3) is 5.75. The van der Waals surface area contributed by atoms with Crippen molar-refractivity contribution in [3.8, 4) is 5.75 Å². The number of nitrogens with one attached hydrogen (secondary N) is 1. The Hall–Kier alpha value is -3.47. The van der Waals surface area contributed by atoms with Crippen molar-refractivity contribution in [3.05, 3.63) is 64.2 Å². The quantitative estimate of drug-likeness (QED) is 0.394. The van der Waals surface area contributed by atoms with Gasteiger partial charge >= 0.3 is 0 Å². The van der Waals surface area contributed by atoms with E-state index in [0.29, 0.717) is 17.0 Å². The molecule has 1 atom stereocenters. The van der Waals surface area contributed by atoms with E-state index in [2.05, 4.69) is 10.5 Å². The minimum absolute atomic E-state index is 0.114. The van der Waals surface area contributed by atoms with Crippen LogP contribution in [0.2, 0.25) is 0 Å². The third-order valence-corrected chi connectivity index (χ3v) is 5.13. The maximum Gasteiger partial charge on any atom is 0.270 e. The first kappa shape index (κ1) is 21.8. The molecule has 11 heteroatoms. The number of nitrogens with zero attached hydrogens (tertiary/aromatic N) is 3. The predicted octanol–water partition coefficient (Wildman–Crippen LogP) is 1.91. The van der Waals surface area contributed by atoms with Crippen LogP contribution in [0.15, 0.2) is 53.6 Å². The topological polar surface area (TPSA) is 131 Å².